The van der Waals surface area contributed by atoms with Gasteiger partial charge in [-0.05, 0) is 55.9 Å². The molecule has 0 spiro atoms. The van der Waals surface area contributed by atoms with Crippen LogP contribution in [0.25, 0.3) is 16.9 Å². The quantitative estimate of drug-likeness (QED) is 0.613. The second-order valence-electron chi connectivity index (χ2n) is 8.89. The zero-order valence-corrected chi connectivity index (χ0v) is 18.6. The highest BCUT2D eigenvalue weighted by Gasteiger charge is 2.30. The molecule has 2 aliphatic heterocycles. The van der Waals surface area contributed by atoms with E-state index in [0.29, 0.717) is 23.8 Å². The van der Waals surface area contributed by atoms with Gasteiger partial charge in [0.15, 0.2) is 0 Å². The first-order valence-corrected chi connectivity index (χ1v) is 11.4. The van der Waals surface area contributed by atoms with Gasteiger partial charge in [0.05, 0.1) is 12.8 Å². The first-order valence-electron chi connectivity index (χ1n) is 11.4. The smallest absolute Gasteiger partial charge is 0.291 e. The average Bonchev–Trinajstić information content (AvgIpc) is 3.45. The second-order valence-corrected chi connectivity index (χ2v) is 8.89. The molecule has 0 bridgehead atoms. The lowest BCUT2D eigenvalue weighted by molar-refractivity contribution is 0.0239. The lowest BCUT2D eigenvalue weighted by Gasteiger charge is -2.38. The summed E-state index contributed by atoms with van der Waals surface area (Å²) < 4.78 is 18.6. The molecule has 8 nitrogen and oxygen atoms in total. The van der Waals surface area contributed by atoms with Crippen molar-refractivity contribution in [2.24, 2.45) is 0 Å². The fraction of sp³-hybridized carbons (Fsp3) is 0.609. The summed E-state index contributed by atoms with van der Waals surface area (Å²) in [6, 6.07) is 6.67. The number of piperidine rings is 1. The third-order valence-corrected chi connectivity index (χ3v) is 6.67. The maximum atomic E-state index is 5.73. The summed E-state index contributed by atoms with van der Waals surface area (Å²) in [4.78, 5) is 7.38. The van der Waals surface area contributed by atoms with E-state index in [-0.39, 0.29) is 5.92 Å². The van der Waals surface area contributed by atoms with Crippen LogP contribution in [0.15, 0.2) is 22.7 Å². The van der Waals surface area contributed by atoms with Gasteiger partial charge in [-0.25, -0.2) is 0 Å². The Morgan fingerprint density at radius 1 is 1.10 bits per heavy atom. The van der Waals surface area contributed by atoms with Crippen LogP contribution in [0.2, 0.25) is 0 Å². The maximum absolute atomic E-state index is 5.73. The van der Waals surface area contributed by atoms with Crippen LogP contribution in [-0.2, 0) is 4.74 Å². The molecule has 0 aliphatic carbocycles. The monoisotopic (exact) mass is 425 g/mol. The molecule has 0 radical (unpaired) electrons. The topological polar surface area (TPSA) is 78.4 Å². The van der Waals surface area contributed by atoms with Crippen molar-refractivity contribution in [1.29, 1.82) is 0 Å². The molecule has 2 aromatic heterocycles. The van der Waals surface area contributed by atoms with Crippen LogP contribution in [0, 0.1) is 0 Å². The van der Waals surface area contributed by atoms with E-state index in [9.17, 15) is 0 Å². The first kappa shape index (κ1) is 20.5. The van der Waals surface area contributed by atoms with E-state index in [1.54, 1.807) is 11.8 Å². The summed E-state index contributed by atoms with van der Waals surface area (Å²) in [5.74, 6) is 2.52. The fourth-order valence-corrected chi connectivity index (χ4v) is 4.94. The number of fused-ring (bicyclic) bond motifs is 1. The number of hydrogen-bond acceptors (Lipinski definition) is 7. The number of rotatable bonds is 5. The number of benzene rings is 1. The SMILES string of the molecule is COc1cccc2c(C(C)C)nn(-c3noc(C4CCN(C5CCOCC5)CC4)n3)c12. The Bertz CT molecular complexity index is 1030. The van der Waals surface area contributed by atoms with E-state index in [1.165, 1.54) is 0 Å². The van der Waals surface area contributed by atoms with E-state index in [0.717, 1.165) is 74.3 Å². The van der Waals surface area contributed by atoms with Crippen molar-refractivity contribution in [3.63, 3.8) is 0 Å². The minimum absolute atomic E-state index is 0.275. The summed E-state index contributed by atoms with van der Waals surface area (Å²) in [7, 11) is 1.68. The second kappa shape index (κ2) is 8.59. The molecule has 0 amide bonds. The molecule has 0 saturated carbocycles. The highest BCUT2D eigenvalue weighted by atomic mass is 16.5. The summed E-state index contributed by atoms with van der Waals surface area (Å²) in [6.07, 6.45) is 4.36. The molecule has 0 N–H and O–H groups in total. The number of hydrogen-bond donors (Lipinski definition) is 0. The lowest BCUT2D eigenvalue weighted by Crippen LogP contribution is -2.43. The van der Waals surface area contributed by atoms with Crippen molar-refractivity contribution in [2.75, 3.05) is 33.4 Å². The number of aromatic nitrogens is 4. The molecule has 8 heteroatoms. The Hall–Kier alpha value is -2.45. The van der Waals surface area contributed by atoms with Gasteiger partial charge in [0.2, 0.25) is 5.89 Å². The predicted molar refractivity (Wildman–Crippen MR) is 117 cm³/mol. The Morgan fingerprint density at radius 2 is 1.87 bits per heavy atom. The molecule has 3 aromatic rings. The van der Waals surface area contributed by atoms with Crippen molar-refractivity contribution >= 4 is 10.9 Å². The van der Waals surface area contributed by atoms with Gasteiger partial charge in [0, 0.05) is 30.6 Å². The minimum Gasteiger partial charge on any atom is -0.494 e. The number of ether oxygens (including phenoxy) is 2. The van der Waals surface area contributed by atoms with Crippen LogP contribution >= 0.6 is 0 Å². The van der Waals surface area contributed by atoms with Crippen LogP contribution in [-0.4, -0.2) is 64.3 Å². The standard InChI is InChI=1S/C23H31N5O3/c1-15(2)20-18-5-4-6-19(29-3)21(18)28(25-20)23-24-22(31-26-23)16-7-11-27(12-8-16)17-9-13-30-14-10-17/h4-6,15-17H,7-14H2,1-3H3. The molecular formula is C23H31N5O3. The van der Waals surface area contributed by atoms with E-state index >= 15 is 0 Å². The molecule has 1 aromatic carbocycles. The summed E-state index contributed by atoms with van der Waals surface area (Å²) in [5.41, 5.74) is 1.89. The minimum atomic E-state index is 0.275. The van der Waals surface area contributed by atoms with Crippen LogP contribution in [0.3, 0.4) is 0 Å². The van der Waals surface area contributed by atoms with Gasteiger partial charge in [-0.3, -0.25) is 0 Å². The van der Waals surface area contributed by atoms with Gasteiger partial charge in [-0.2, -0.15) is 14.8 Å². The molecule has 31 heavy (non-hydrogen) atoms. The Morgan fingerprint density at radius 3 is 2.58 bits per heavy atom. The Labute approximate surface area is 182 Å². The number of nitrogens with zero attached hydrogens (tertiary/aromatic N) is 5. The van der Waals surface area contributed by atoms with Gasteiger partial charge in [-0.1, -0.05) is 26.0 Å². The van der Waals surface area contributed by atoms with Gasteiger partial charge >= 0.3 is 0 Å². The highest BCUT2D eigenvalue weighted by Crippen LogP contribution is 2.34. The van der Waals surface area contributed by atoms with Crippen molar-refractivity contribution in [3.05, 3.63) is 29.8 Å². The van der Waals surface area contributed by atoms with E-state index < -0.39 is 0 Å². The van der Waals surface area contributed by atoms with Crippen molar-refractivity contribution in [2.45, 2.75) is 57.4 Å². The van der Waals surface area contributed by atoms with Gasteiger partial charge in [-0.15, -0.1) is 0 Å². The van der Waals surface area contributed by atoms with Crippen LogP contribution < -0.4 is 4.74 Å². The van der Waals surface area contributed by atoms with Crippen molar-refractivity contribution < 1.29 is 14.0 Å². The average molecular weight is 426 g/mol. The number of para-hydroxylation sites is 1. The third-order valence-electron chi connectivity index (χ3n) is 6.67. The summed E-state index contributed by atoms with van der Waals surface area (Å²) >= 11 is 0. The van der Waals surface area contributed by atoms with Gasteiger partial charge in [0.25, 0.3) is 5.95 Å². The Kier molecular flexibility index (Phi) is 5.67. The molecule has 5 rings (SSSR count). The summed E-state index contributed by atoms with van der Waals surface area (Å²) in [5, 5.41) is 10.2. The van der Waals surface area contributed by atoms with E-state index in [1.807, 2.05) is 12.1 Å². The zero-order valence-electron chi connectivity index (χ0n) is 18.6. The molecular weight excluding hydrogens is 394 g/mol. The molecule has 4 heterocycles. The molecule has 0 atom stereocenters. The largest absolute Gasteiger partial charge is 0.494 e. The predicted octanol–water partition coefficient (Wildman–Crippen LogP) is 3.90. The normalized spacial score (nSPS) is 19.5. The lowest BCUT2D eigenvalue weighted by atomic mass is 9.94. The molecule has 166 valence electrons. The highest BCUT2D eigenvalue weighted by molar-refractivity contribution is 5.88. The van der Waals surface area contributed by atoms with Crippen LogP contribution in [0.5, 0.6) is 5.75 Å². The zero-order chi connectivity index (χ0) is 21.4. The number of methoxy groups -OCH3 is 1. The molecule has 2 saturated heterocycles. The first-order chi connectivity index (χ1) is 15.2. The van der Waals surface area contributed by atoms with Crippen molar-refractivity contribution in [1.82, 2.24) is 24.8 Å². The van der Waals surface area contributed by atoms with E-state index in [2.05, 4.69) is 30.0 Å². The Balaban J connectivity index is 1.38. The summed E-state index contributed by atoms with van der Waals surface area (Å²) in [6.45, 7) is 8.19. The van der Waals surface area contributed by atoms with Gasteiger partial charge < -0.3 is 18.9 Å². The molecule has 0 unspecified atom stereocenters. The maximum Gasteiger partial charge on any atom is 0.291 e. The van der Waals surface area contributed by atoms with Gasteiger partial charge in [0.1, 0.15) is 11.3 Å². The fourth-order valence-electron chi connectivity index (χ4n) is 4.94. The van der Waals surface area contributed by atoms with E-state index in [4.69, 9.17) is 24.1 Å². The molecule has 2 aliphatic rings. The van der Waals surface area contributed by atoms with Crippen LogP contribution in [0.1, 0.15) is 63.0 Å². The number of likely N-dealkylation sites (tertiary alicyclic amines) is 1. The van der Waals surface area contributed by atoms with Crippen LogP contribution in [0.4, 0.5) is 0 Å². The van der Waals surface area contributed by atoms with Crippen molar-refractivity contribution in [3.8, 4) is 11.7 Å². The third kappa shape index (κ3) is 3.83. The molecule has 2 fully saturated rings.